The lowest BCUT2D eigenvalue weighted by molar-refractivity contribution is 0.0647. The van der Waals surface area contributed by atoms with E-state index in [-0.39, 0.29) is 17.4 Å². The molecule has 0 spiro atoms. The summed E-state index contributed by atoms with van der Waals surface area (Å²) in [6.07, 6.45) is 7.40. The van der Waals surface area contributed by atoms with Crippen molar-refractivity contribution in [3.63, 3.8) is 0 Å². The van der Waals surface area contributed by atoms with Gasteiger partial charge in [0.25, 0.3) is 11.8 Å². The molecule has 2 amide bonds. The molecule has 2 aliphatic rings. The molecule has 150 valence electrons. The van der Waals surface area contributed by atoms with Gasteiger partial charge in [-0.2, -0.15) is 5.10 Å². The minimum atomic E-state index is -0.100. The second kappa shape index (κ2) is 7.11. The van der Waals surface area contributed by atoms with Crippen molar-refractivity contribution in [1.29, 1.82) is 0 Å². The molecule has 1 saturated carbocycles. The molecular formula is C21H29N5O2. The Balaban J connectivity index is 1.38. The Labute approximate surface area is 165 Å². The van der Waals surface area contributed by atoms with Gasteiger partial charge in [-0.3, -0.25) is 14.3 Å². The van der Waals surface area contributed by atoms with Gasteiger partial charge in [0.05, 0.1) is 17.3 Å². The van der Waals surface area contributed by atoms with Crippen LogP contribution in [0.15, 0.2) is 18.5 Å². The summed E-state index contributed by atoms with van der Waals surface area (Å²) in [5.74, 6) is 0.513. The van der Waals surface area contributed by atoms with E-state index in [4.69, 9.17) is 0 Å². The zero-order chi connectivity index (χ0) is 19.9. The zero-order valence-corrected chi connectivity index (χ0v) is 16.9. The van der Waals surface area contributed by atoms with Crippen molar-refractivity contribution in [2.24, 2.45) is 5.92 Å². The number of hydrogen-bond acceptors (Lipinski definition) is 3. The lowest BCUT2D eigenvalue weighted by Crippen LogP contribution is -2.48. The lowest BCUT2D eigenvalue weighted by Gasteiger charge is -2.36. The van der Waals surface area contributed by atoms with Crippen molar-refractivity contribution < 1.29 is 9.59 Å². The van der Waals surface area contributed by atoms with Crippen LogP contribution < -0.4 is 5.32 Å². The van der Waals surface area contributed by atoms with Gasteiger partial charge in [-0.05, 0) is 58.4 Å². The van der Waals surface area contributed by atoms with Crippen molar-refractivity contribution in [1.82, 2.24) is 25.0 Å². The minimum absolute atomic E-state index is 0.0175. The molecule has 2 aromatic rings. The standard InChI is InChI=1S/C21H29N5O2/c1-4-26-15(3)18(13-23-26)19(27)24-21(8-9-21)16-6-11-25(12-7-16)20(28)17-5-10-22-14(17)2/h5,10,13,16,22H,4,6-9,11-12H2,1-3H3,(H,24,27). The van der Waals surface area contributed by atoms with Crippen LogP contribution in [0, 0.1) is 19.8 Å². The molecule has 4 rings (SSSR count). The number of carbonyl (C=O) groups excluding carboxylic acids is 2. The highest BCUT2D eigenvalue weighted by molar-refractivity contribution is 5.96. The lowest BCUT2D eigenvalue weighted by atomic mass is 9.86. The summed E-state index contributed by atoms with van der Waals surface area (Å²) < 4.78 is 1.85. The van der Waals surface area contributed by atoms with Crippen LogP contribution in [-0.2, 0) is 6.54 Å². The van der Waals surface area contributed by atoms with Crippen LogP contribution in [0.4, 0.5) is 0 Å². The number of nitrogens with one attached hydrogen (secondary N) is 2. The molecule has 0 atom stereocenters. The molecule has 3 heterocycles. The van der Waals surface area contributed by atoms with Crippen LogP contribution >= 0.6 is 0 Å². The molecule has 28 heavy (non-hydrogen) atoms. The summed E-state index contributed by atoms with van der Waals surface area (Å²) in [4.78, 5) is 30.6. The molecule has 1 aliphatic heterocycles. The van der Waals surface area contributed by atoms with Gasteiger partial charge in [0.2, 0.25) is 0 Å². The topological polar surface area (TPSA) is 83.0 Å². The molecule has 7 heteroatoms. The first-order valence-electron chi connectivity index (χ1n) is 10.2. The van der Waals surface area contributed by atoms with E-state index in [0.717, 1.165) is 62.3 Å². The summed E-state index contributed by atoms with van der Waals surface area (Å²) in [6, 6.07) is 1.85. The fraction of sp³-hybridized carbons (Fsp3) is 0.571. The third kappa shape index (κ3) is 3.23. The maximum Gasteiger partial charge on any atom is 0.255 e. The third-order valence-electron chi connectivity index (χ3n) is 6.55. The maximum atomic E-state index is 12.8. The number of aromatic amines is 1. The van der Waals surface area contributed by atoms with Gasteiger partial charge in [-0.15, -0.1) is 0 Å². The number of nitrogens with zero attached hydrogens (tertiary/aromatic N) is 3. The molecule has 1 saturated heterocycles. The van der Waals surface area contributed by atoms with Crippen molar-refractivity contribution in [3.8, 4) is 0 Å². The second-order valence-electron chi connectivity index (χ2n) is 8.15. The highest BCUT2D eigenvalue weighted by atomic mass is 16.2. The SMILES string of the molecule is CCn1ncc(C(=O)NC2(C3CCN(C(=O)c4cc[nH]c4C)CC3)CC2)c1C. The van der Waals surface area contributed by atoms with Gasteiger partial charge >= 0.3 is 0 Å². The molecule has 1 aliphatic carbocycles. The molecular weight excluding hydrogens is 354 g/mol. The van der Waals surface area contributed by atoms with Crippen molar-refractivity contribution in [2.45, 2.75) is 58.5 Å². The molecule has 0 radical (unpaired) electrons. The van der Waals surface area contributed by atoms with Crippen LogP contribution in [0.3, 0.4) is 0 Å². The van der Waals surface area contributed by atoms with Crippen LogP contribution in [0.2, 0.25) is 0 Å². The number of H-pyrrole nitrogens is 1. The summed E-state index contributed by atoms with van der Waals surface area (Å²) in [5.41, 5.74) is 3.16. The molecule has 0 bridgehead atoms. The Hall–Kier alpha value is -2.57. The maximum absolute atomic E-state index is 12.8. The van der Waals surface area contributed by atoms with E-state index in [1.807, 2.05) is 42.6 Å². The van der Waals surface area contributed by atoms with Gasteiger partial charge in [0.15, 0.2) is 0 Å². The fourth-order valence-electron chi connectivity index (χ4n) is 4.54. The number of amides is 2. The van der Waals surface area contributed by atoms with Crippen LogP contribution in [0.25, 0.3) is 0 Å². The first kappa shape index (κ1) is 18.8. The zero-order valence-electron chi connectivity index (χ0n) is 16.9. The summed E-state index contributed by atoms with van der Waals surface area (Å²) in [5, 5.41) is 7.60. The first-order chi connectivity index (χ1) is 13.4. The van der Waals surface area contributed by atoms with E-state index in [1.54, 1.807) is 6.20 Å². The third-order valence-corrected chi connectivity index (χ3v) is 6.55. The smallest absolute Gasteiger partial charge is 0.255 e. The number of likely N-dealkylation sites (tertiary alicyclic amines) is 1. The number of rotatable bonds is 5. The largest absolute Gasteiger partial charge is 0.365 e. The number of aryl methyl sites for hydroxylation is 2. The fourth-order valence-corrected chi connectivity index (χ4v) is 4.54. The predicted octanol–water partition coefficient (Wildman–Crippen LogP) is 2.66. The highest BCUT2D eigenvalue weighted by Gasteiger charge is 2.51. The Morgan fingerprint density at radius 3 is 2.50 bits per heavy atom. The first-order valence-corrected chi connectivity index (χ1v) is 10.2. The van der Waals surface area contributed by atoms with Gasteiger partial charge in [-0.1, -0.05) is 0 Å². The molecule has 2 aromatic heterocycles. The highest BCUT2D eigenvalue weighted by Crippen LogP contribution is 2.47. The van der Waals surface area contributed by atoms with Gasteiger partial charge in [0, 0.05) is 42.8 Å². The number of piperidine rings is 1. The molecule has 2 N–H and O–H groups in total. The summed E-state index contributed by atoms with van der Waals surface area (Å²) in [6.45, 7) is 8.15. The number of aromatic nitrogens is 3. The van der Waals surface area contributed by atoms with Crippen LogP contribution in [0.1, 0.15) is 64.7 Å². The monoisotopic (exact) mass is 383 g/mol. The van der Waals surface area contributed by atoms with Crippen molar-refractivity contribution >= 4 is 11.8 Å². The van der Waals surface area contributed by atoms with Gasteiger partial charge in [0.1, 0.15) is 0 Å². The Morgan fingerprint density at radius 1 is 1.25 bits per heavy atom. The Bertz CT molecular complexity index is 884. The Morgan fingerprint density at radius 2 is 1.96 bits per heavy atom. The quantitative estimate of drug-likeness (QED) is 0.833. The van der Waals surface area contributed by atoms with Crippen LogP contribution in [-0.4, -0.2) is 50.1 Å². The number of carbonyl (C=O) groups is 2. The van der Waals surface area contributed by atoms with Gasteiger partial charge in [-0.25, -0.2) is 0 Å². The van der Waals surface area contributed by atoms with E-state index < -0.39 is 0 Å². The molecule has 0 unspecified atom stereocenters. The Kier molecular flexibility index (Phi) is 4.77. The molecule has 0 aromatic carbocycles. The second-order valence-corrected chi connectivity index (χ2v) is 8.15. The van der Waals surface area contributed by atoms with Crippen molar-refractivity contribution in [3.05, 3.63) is 41.0 Å². The predicted molar refractivity (Wildman–Crippen MR) is 106 cm³/mol. The number of hydrogen-bond donors (Lipinski definition) is 2. The van der Waals surface area contributed by atoms with E-state index >= 15 is 0 Å². The average Bonchev–Trinajstić information content (AvgIpc) is 3.18. The van der Waals surface area contributed by atoms with E-state index in [1.165, 1.54) is 0 Å². The molecule has 7 nitrogen and oxygen atoms in total. The molecule has 2 fully saturated rings. The van der Waals surface area contributed by atoms with Crippen LogP contribution in [0.5, 0.6) is 0 Å². The summed E-state index contributed by atoms with van der Waals surface area (Å²) >= 11 is 0. The van der Waals surface area contributed by atoms with E-state index in [9.17, 15) is 9.59 Å². The minimum Gasteiger partial charge on any atom is -0.365 e. The van der Waals surface area contributed by atoms with E-state index in [0.29, 0.717) is 11.5 Å². The van der Waals surface area contributed by atoms with Gasteiger partial charge < -0.3 is 15.2 Å². The van der Waals surface area contributed by atoms with Crippen molar-refractivity contribution in [2.75, 3.05) is 13.1 Å². The van der Waals surface area contributed by atoms with E-state index in [2.05, 4.69) is 15.4 Å². The summed E-state index contributed by atoms with van der Waals surface area (Å²) in [7, 11) is 0. The normalized spacial score (nSPS) is 18.9. The average molecular weight is 383 g/mol.